The van der Waals surface area contributed by atoms with Crippen molar-refractivity contribution in [2.75, 3.05) is 11.9 Å². The highest BCUT2D eigenvalue weighted by molar-refractivity contribution is 6.00. The third kappa shape index (κ3) is 4.91. The number of aromatic carboxylic acids is 1. The van der Waals surface area contributed by atoms with E-state index in [0.717, 1.165) is 40.5 Å². The van der Waals surface area contributed by atoms with E-state index in [-0.39, 0.29) is 30.2 Å². The zero-order chi connectivity index (χ0) is 24.2. The predicted molar refractivity (Wildman–Crippen MR) is 124 cm³/mol. The fourth-order valence-corrected chi connectivity index (χ4v) is 4.18. The fourth-order valence-electron chi connectivity index (χ4n) is 4.18. The highest BCUT2D eigenvalue weighted by Gasteiger charge is 2.29. The maximum atomic E-state index is 13.5. The Morgan fingerprint density at radius 2 is 1.62 bits per heavy atom. The summed E-state index contributed by atoms with van der Waals surface area (Å²) in [5, 5.41) is 14.2. The van der Waals surface area contributed by atoms with E-state index >= 15 is 0 Å². The Morgan fingerprint density at radius 3 is 2.24 bits per heavy atom. The van der Waals surface area contributed by atoms with Gasteiger partial charge < -0.3 is 20.5 Å². The van der Waals surface area contributed by atoms with E-state index < -0.39 is 29.8 Å². The lowest BCUT2D eigenvalue weighted by Crippen LogP contribution is -2.36. The van der Waals surface area contributed by atoms with Crippen LogP contribution in [0.3, 0.4) is 0 Å². The summed E-state index contributed by atoms with van der Waals surface area (Å²) < 4.78 is 18.9. The minimum Gasteiger partial charge on any atom is -0.478 e. The molecule has 3 aromatic carbocycles. The van der Waals surface area contributed by atoms with Crippen LogP contribution in [-0.4, -0.2) is 35.7 Å². The molecule has 0 saturated carbocycles. The van der Waals surface area contributed by atoms with Gasteiger partial charge in [0.25, 0.3) is 0 Å². The zero-order valence-electron chi connectivity index (χ0n) is 18.4. The number of carboxylic acids is 1. The largest absolute Gasteiger partial charge is 0.478 e. The molecule has 0 saturated heterocycles. The van der Waals surface area contributed by atoms with Gasteiger partial charge in [-0.3, -0.25) is 4.79 Å². The Labute approximate surface area is 195 Å². The summed E-state index contributed by atoms with van der Waals surface area (Å²) in [6.07, 6.45) is -0.820. The Morgan fingerprint density at radius 1 is 1.00 bits per heavy atom. The fraction of sp³-hybridized carbons (Fsp3) is 0.192. The number of carboxylic acid groups (broad SMARTS) is 1. The summed E-state index contributed by atoms with van der Waals surface area (Å²) in [6.45, 7) is 1.76. The third-order valence-electron chi connectivity index (χ3n) is 5.69. The molecule has 1 aliphatic rings. The maximum Gasteiger partial charge on any atom is 0.407 e. The molecule has 34 heavy (non-hydrogen) atoms. The van der Waals surface area contributed by atoms with E-state index in [1.165, 1.54) is 0 Å². The van der Waals surface area contributed by atoms with Gasteiger partial charge in [-0.25, -0.2) is 14.0 Å². The zero-order valence-corrected chi connectivity index (χ0v) is 18.4. The monoisotopic (exact) mass is 462 g/mol. The molecule has 1 aliphatic carbocycles. The summed E-state index contributed by atoms with van der Waals surface area (Å²) in [5.74, 6) is -2.62. The minimum atomic E-state index is -1.29. The summed E-state index contributed by atoms with van der Waals surface area (Å²) in [6, 6.07) is 18.4. The van der Waals surface area contributed by atoms with Crippen LogP contribution < -0.4 is 10.6 Å². The van der Waals surface area contributed by atoms with E-state index in [1.54, 1.807) is 6.92 Å². The lowest BCUT2D eigenvalue weighted by molar-refractivity contribution is -0.116. The second-order valence-electron chi connectivity index (χ2n) is 8.12. The summed E-state index contributed by atoms with van der Waals surface area (Å²) in [5.41, 5.74) is 4.05. The molecule has 2 amide bonds. The first kappa shape index (κ1) is 23.0. The number of halogens is 1. The van der Waals surface area contributed by atoms with Crippen molar-refractivity contribution >= 4 is 23.7 Å². The number of amides is 2. The molecule has 0 aliphatic heterocycles. The highest BCUT2D eigenvalue weighted by atomic mass is 19.1. The van der Waals surface area contributed by atoms with E-state index in [0.29, 0.717) is 0 Å². The first-order chi connectivity index (χ1) is 16.3. The number of carbonyl (C=O) groups is 3. The molecular weight excluding hydrogens is 439 g/mol. The smallest absolute Gasteiger partial charge is 0.407 e. The number of hydrogen-bond acceptors (Lipinski definition) is 4. The normalized spacial score (nSPS) is 12.9. The lowest BCUT2D eigenvalue weighted by Gasteiger charge is -2.17. The average Bonchev–Trinajstić information content (AvgIpc) is 3.11. The van der Waals surface area contributed by atoms with Gasteiger partial charge in [-0.15, -0.1) is 0 Å². The van der Waals surface area contributed by atoms with E-state index in [1.807, 2.05) is 48.5 Å². The Balaban J connectivity index is 1.33. The van der Waals surface area contributed by atoms with E-state index in [4.69, 9.17) is 4.74 Å². The van der Waals surface area contributed by atoms with Crippen molar-refractivity contribution in [3.8, 4) is 11.1 Å². The molecule has 174 valence electrons. The summed E-state index contributed by atoms with van der Waals surface area (Å²) in [7, 11) is 0. The van der Waals surface area contributed by atoms with Crippen LogP contribution in [0.2, 0.25) is 0 Å². The summed E-state index contributed by atoms with van der Waals surface area (Å²) >= 11 is 0. The Hall–Kier alpha value is -4.20. The molecule has 8 heteroatoms. The van der Waals surface area contributed by atoms with Crippen LogP contribution >= 0.6 is 0 Å². The predicted octanol–water partition coefficient (Wildman–Crippen LogP) is 4.78. The number of fused-ring (bicyclic) bond motifs is 3. The second-order valence-corrected chi connectivity index (χ2v) is 8.12. The molecule has 3 aromatic rings. The summed E-state index contributed by atoms with van der Waals surface area (Å²) in [4.78, 5) is 36.0. The van der Waals surface area contributed by atoms with Crippen molar-refractivity contribution in [3.63, 3.8) is 0 Å². The van der Waals surface area contributed by atoms with Crippen LogP contribution in [0, 0.1) is 5.82 Å². The number of carbonyl (C=O) groups excluding carboxylic acids is 2. The molecule has 0 radical (unpaired) electrons. The number of benzene rings is 3. The van der Waals surface area contributed by atoms with Gasteiger partial charge in [-0.05, 0) is 47.4 Å². The molecule has 0 fully saturated rings. The van der Waals surface area contributed by atoms with Crippen molar-refractivity contribution in [3.05, 3.63) is 89.2 Å². The van der Waals surface area contributed by atoms with Gasteiger partial charge in [0.2, 0.25) is 5.91 Å². The average molecular weight is 462 g/mol. The van der Waals surface area contributed by atoms with E-state index in [9.17, 15) is 23.9 Å². The number of rotatable bonds is 7. The number of hydrogen-bond donors (Lipinski definition) is 3. The molecule has 0 bridgehead atoms. The molecule has 1 atom stereocenters. The number of ether oxygens (including phenoxy) is 1. The molecule has 7 nitrogen and oxygen atoms in total. The Kier molecular flexibility index (Phi) is 6.58. The lowest BCUT2D eigenvalue weighted by atomic mass is 9.98. The van der Waals surface area contributed by atoms with Gasteiger partial charge in [0.1, 0.15) is 12.4 Å². The molecule has 4 rings (SSSR count). The molecule has 0 aromatic heterocycles. The van der Waals surface area contributed by atoms with Gasteiger partial charge in [-0.2, -0.15) is 0 Å². The topological polar surface area (TPSA) is 105 Å². The van der Waals surface area contributed by atoms with Crippen molar-refractivity contribution in [2.24, 2.45) is 0 Å². The van der Waals surface area contributed by atoms with E-state index in [2.05, 4.69) is 10.6 Å². The van der Waals surface area contributed by atoms with Gasteiger partial charge in [-0.1, -0.05) is 48.5 Å². The van der Waals surface area contributed by atoms with Gasteiger partial charge >= 0.3 is 12.1 Å². The first-order valence-electron chi connectivity index (χ1n) is 10.8. The highest BCUT2D eigenvalue weighted by Crippen LogP contribution is 2.44. The van der Waals surface area contributed by atoms with Gasteiger partial charge in [0.05, 0.1) is 11.3 Å². The van der Waals surface area contributed by atoms with Gasteiger partial charge in [0.15, 0.2) is 0 Å². The quantitative estimate of drug-likeness (QED) is 0.469. The first-order valence-corrected chi connectivity index (χ1v) is 10.8. The van der Waals surface area contributed by atoms with Crippen molar-refractivity contribution in [1.29, 1.82) is 0 Å². The molecule has 3 N–H and O–H groups in total. The van der Waals surface area contributed by atoms with Crippen molar-refractivity contribution in [2.45, 2.75) is 25.3 Å². The molecule has 0 heterocycles. The standard InChI is InChI=1S/C26H23FN2O5/c1-15(12-24(30)29-23-13-16(27)10-11-21(23)25(31)32)28-26(33)34-14-22-19-8-4-2-6-17(19)18-7-3-5-9-20(18)22/h2-11,13,15,22H,12,14H2,1H3,(H,28,33)(H,29,30)(H,31,32). The minimum absolute atomic E-state index is 0.0841. The number of alkyl carbamates (subject to hydrolysis) is 1. The Bertz CT molecular complexity index is 1210. The number of nitrogens with one attached hydrogen (secondary N) is 2. The van der Waals surface area contributed by atoms with Crippen LogP contribution in [0.5, 0.6) is 0 Å². The SMILES string of the molecule is CC(CC(=O)Nc1cc(F)ccc1C(=O)O)NC(=O)OCC1c2ccccc2-c2ccccc21. The van der Waals surface area contributed by atoms with Crippen LogP contribution in [0.1, 0.15) is 40.7 Å². The molecule has 1 unspecified atom stereocenters. The van der Waals surface area contributed by atoms with Crippen LogP contribution in [0.25, 0.3) is 11.1 Å². The van der Waals surface area contributed by atoms with Crippen molar-refractivity contribution < 1.29 is 28.6 Å². The van der Waals surface area contributed by atoms with Gasteiger partial charge in [0, 0.05) is 18.4 Å². The van der Waals surface area contributed by atoms with Crippen LogP contribution in [0.4, 0.5) is 14.9 Å². The second kappa shape index (κ2) is 9.74. The molecular formula is C26H23FN2O5. The number of anilines is 1. The van der Waals surface area contributed by atoms with Crippen molar-refractivity contribution in [1.82, 2.24) is 5.32 Å². The molecule has 0 spiro atoms. The maximum absolute atomic E-state index is 13.5. The third-order valence-corrected chi connectivity index (χ3v) is 5.69. The van der Waals surface area contributed by atoms with Crippen LogP contribution in [0.15, 0.2) is 66.7 Å². The van der Waals surface area contributed by atoms with Crippen LogP contribution in [-0.2, 0) is 9.53 Å².